The van der Waals surface area contributed by atoms with Crippen molar-refractivity contribution in [2.45, 2.75) is 25.7 Å². The molecule has 0 unspecified atom stereocenters. The molecule has 1 heteroatoms. The first-order chi connectivity index (χ1) is 5.93. The molecule has 66 valence electrons. The maximum Gasteiger partial charge on any atom is 0.0223 e. The second-order valence-corrected chi connectivity index (χ2v) is 3.36. The smallest absolute Gasteiger partial charge is 0.0223 e. The molecule has 0 atom stereocenters. The van der Waals surface area contributed by atoms with Crippen LogP contribution >= 0.6 is 11.6 Å². The quantitative estimate of drug-likeness (QED) is 0.482. The monoisotopic (exact) mass is 182 g/mol. The summed E-state index contributed by atoms with van der Waals surface area (Å²) in [5, 5.41) is 0. The van der Waals surface area contributed by atoms with Crippen LogP contribution in [0.25, 0.3) is 0 Å². The van der Waals surface area contributed by atoms with Crippen LogP contribution in [0.15, 0.2) is 30.3 Å². The van der Waals surface area contributed by atoms with Gasteiger partial charge in [0.1, 0.15) is 0 Å². The number of rotatable bonds is 5. The van der Waals surface area contributed by atoms with E-state index in [1.165, 1.54) is 24.8 Å². The average molecular weight is 183 g/mol. The van der Waals surface area contributed by atoms with Crippen LogP contribution in [0.4, 0.5) is 0 Å². The van der Waals surface area contributed by atoms with Gasteiger partial charge in [0, 0.05) is 5.88 Å². The van der Waals surface area contributed by atoms with Crippen molar-refractivity contribution in [3.8, 4) is 0 Å². The molecule has 0 spiro atoms. The Labute approximate surface area is 79.6 Å². The highest BCUT2D eigenvalue weighted by Crippen LogP contribution is 2.06. The summed E-state index contributed by atoms with van der Waals surface area (Å²) in [6.45, 7) is 0. The lowest BCUT2D eigenvalue weighted by Crippen LogP contribution is -1.85. The molecule has 0 amide bonds. The fourth-order valence-corrected chi connectivity index (χ4v) is 1.43. The van der Waals surface area contributed by atoms with E-state index in [4.69, 9.17) is 11.6 Å². The number of benzene rings is 1. The molecular formula is C11H15Cl. The number of aryl methyl sites for hydroxylation is 1. The first-order valence-corrected chi connectivity index (χ1v) is 5.07. The van der Waals surface area contributed by atoms with Crippen LogP contribution in [0.1, 0.15) is 24.8 Å². The SMILES string of the molecule is ClCCCCCc1ccccc1. The third-order valence-electron chi connectivity index (χ3n) is 1.94. The summed E-state index contributed by atoms with van der Waals surface area (Å²) in [7, 11) is 0. The summed E-state index contributed by atoms with van der Waals surface area (Å²) in [5.41, 5.74) is 1.44. The van der Waals surface area contributed by atoms with Gasteiger partial charge in [-0.1, -0.05) is 36.8 Å². The zero-order chi connectivity index (χ0) is 8.65. The van der Waals surface area contributed by atoms with Gasteiger partial charge in [-0.3, -0.25) is 0 Å². The predicted octanol–water partition coefficient (Wildman–Crippen LogP) is 3.64. The average Bonchev–Trinajstić information content (AvgIpc) is 2.14. The lowest BCUT2D eigenvalue weighted by molar-refractivity contribution is 0.720. The van der Waals surface area contributed by atoms with Gasteiger partial charge >= 0.3 is 0 Å². The molecule has 1 rings (SSSR count). The van der Waals surface area contributed by atoms with Crippen molar-refractivity contribution in [2.24, 2.45) is 0 Å². The van der Waals surface area contributed by atoms with Crippen LogP contribution in [0.5, 0.6) is 0 Å². The highest BCUT2D eigenvalue weighted by molar-refractivity contribution is 6.17. The fourth-order valence-electron chi connectivity index (χ4n) is 1.25. The molecule has 0 nitrogen and oxygen atoms in total. The summed E-state index contributed by atoms with van der Waals surface area (Å²) >= 11 is 5.58. The Morgan fingerprint density at radius 2 is 1.67 bits per heavy atom. The molecule has 0 radical (unpaired) electrons. The Kier molecular flexibility index (Phi) is 4.86. The molecule has 0 aliphatic rings. The maximum atomic E-state index is 5.58. The minimum absolute atomic E-state index is 0.800. The number of unbranched alkanes of at least 4 members (excludes halogenated alkanes) is 2. The van der Waals surface area contributed by atoms with Crippen LogP contribution in [-0.2, 0) is 6.42 Å². The normalized spacial score (nSPS) is 10.1. The summed E-state index contributed by atoms with van der Waals surface area (Å²) in [4.78, 5) is 0. The van der Waals surface area contributed by atoms with Gasteiger partial charge in [0.25, 0.3) is 0 Å². The van der Waals surface area contributed by atoms with E-state index in [0.29, 0.717) is 0 Å². The van der Waals surface area contributed by atoms with E-state index in [2.05, 4.69) is 30.3 Å². The summed E-state index contributed by atoms with van der Waals surface area (Å²) in [6.07, 6.45) is 4.85. The molecule has 0 aromatic heterocycles. The van der Waals surface area contributed by atoms with Crippen molar-refractivity contribution in [3.63, 3.8) is 0 Å². The van der Waals surface area contributed by atoms with Gasteiger partial charge in [-0.25, -0.2) is 0 Å². The molecule has 1 aromatic rings. The molecule has 0 saturated carbocycles. The van der Waals surface area contributed by atoms with E-state index in [1.807, 2.05) is 0 Å². The van der Waals surface area contributed by atoms with Gasteiger partial charge in [-0.15, -0.1) is 11.6 Å². The standard InChI is InChI=1S/C11H15Cl/c12-10-6-2-5-9-11-7-3-1-4-8-11/h1,3-4,7-8H,2,5-6,9-10H2. The molecule has 0 heterocycles. The van der Waals surface area contributed by atoms with Crippen LogP contribution < -0.4 is 0 Å². The Morgan fingerprint density at radius 1 is 0.917 bits per heavy atom. The molecule has 12 heavy (non-hydrogen) atoms. The maximum absolute atomic E-state index is 5.58. The van der Waals surface area contributed by atoms with Crippen molar-refractivity contribution in [1.29, 1.82) is 0 Å². The number of alkyl halides is 1. The molecule has 0 aliphatic carbocycles. The van der Waals surface area contributed by atoms with Gasteiger partial charge in [-0.2, -0.15) is 0 Å². The third-order valence-corrected chi connectivity index (χ3v) is 2.21. The Balaban J connectivity index is 2.16. The van der Waals surface area contributed by atoms with Crippen molar-refractivity contribution in [2.75, 3.05) is 5.88 Å². The van der Waals surface area contributed by atoms with Gasteiger partial charge in [-0.05, 0) is 24.8 Å². The Hall–Kier alpha value is -0.490. The summed E-state index contributed by atoms with van der Waals surface area (Å²) < 4.78 is 0. The first kappa shape index (κ1) is 9.60. The number of hydrogen-bond donors (Lipinski definition) is 0. The van der Waals surface area contributed by atoms with E-state index in [9.17, 15) is 0 Å². The lowest BCUT2D eigenvalue weighted by atomic mass is 10.1. The largest absolute Gasteiger partial charge is 0.127 e. The van der Waals surface area contributed by atoms with Gasteiger partial charge in [0.2, 0.25) is 0 Å². The minimum Gasteiger partial charge on any atom is -0.127 e. The highest BCUT2D eigenvalue weighted by Gasteiger charge is 1.91. The molecule has 1 aromatic carbocycles. The van der Waals surface area contributed by atoms with Crippen LogP contribution in [0.3, 0.4) is 0 Å². The molecular weight excluding hydrogens is 168 g/mol. The predicted molar refractivity (Wildman–Crippen MR) is 54.7 cm³/mol. The van der Waals surface area contributed by atoms with Crippen molar-refractivity contribution in [3.05, 3.63) is 35.9 Å². The number of hydrogen-bond acceptors (Lipinski definition) is 0. The zero-order valence-corrected chi connectivity index (χ0v) is 8.06. The first-order valence-electron chi connectivity index (χ1n) is 4.53. The molecule has 0 fully saturated rings. The van der Waals surface area contributed by atoms with E-state index >= 15 is 0 Å². The van der Waals surface area contributed by atoms with Gasteiger partial charge < -0.3 is 0 Å². The molecule has 0 N–H and O–H groups in total. The zero-order valence-electron chi connectivity index (χ0n) is 7.30. The fraction of sp³-hybridized carbons (Fsp3) is 0.455. The Morgan fingerprint density at radius 3 is 2.33 bits per heavy atom. The van der Waals surface area contributed by atoms with E-state index in [0.717, 1.165) is 12.3 Å². The van der Waals surface area contributed by atoms with E-state index in [-0.39, 0.29) is 0 Å². The van der Waals surface area contributed by atoms with E-state index < -0.39 is 0 Å². The molecule has 0 aliphatic heterocycles. The van der Waals surface area contributed by atoms with Crippen molar-refractivity contribution >= 4 is 11.6 Å². The number of halogens is 1. The van der Waals surface area contributed by atoms with Gasteiger partial charge in [0.05, 0.1) is 0 Å². The van der Waals surface area contributed by atoms with Crippen LogP contribution in [0.2, 0.25) is 0 Å². The topological polar surface area (TPSA) is 0 Å². The molecule has 0 bridgehead atoms. The summed E-state index contributed by atoms with van der Waals surface area (Å²) in [5.74, 6) is 0.800. The van der Waals surface area contributed by atoms with Gasteiger partial charge in [0.15, 0.2) is 0 Å². The summed E-state index contributed by atoms with van der Waals surface area (Å²) in [6, 6.07) is 10.6. The minimum atomic E-state index is 0.800. The Bertz CT molecular complexity index is 193. The van der Waals surface area contributed by atoms with Crippen molar-refractivity contribution in [1.82, 2.24) is 0 Å². The second kappa shape index (κ2) is 6.07. The lowest BCUT2D eigenvalue weighted by Gasteiger charge is -1.99. The van der Waals surface area contributed by atoms with Crippen LogP contribution in [0, 0.1) is 0 Å². The second-order valence-electron chi connectivity index (χ2n) is 2.99. The third kappa shape index (κ3) is 3.77. The molecule has 0 saturated heterocycles. The van der Waals surface area contributed by atoms with Crippen LogP contribution in [-0.4, -0.2) is 5.88 Å². The highest BCUT2D eigenvalue weighted by atomic mass is 35.5. The van der Waals surface area contributed by atoms with E-state index in [1.54, 1.807) is 0 Å². The van der Waals surface area contributed by atoms with Crippen molar-refractivity contribution < 1.29 is 0 Å².